The zero-order chi connectivity index (χ0) is 41.6. The minimum atomic E-state index is -0.427. The summed E-state index contributed by atoms with van der Waals surface area (Å²) >= 11 is 3.57. The highest BCUT2D eigenvalue weighted by atomic mass is 79.9. The second kappa shape index (κ2) is 21.9. The molecule has 3 heterocycles. The quantitative estimate of drug-likeness (QED) is 0.0785. The zero-order valence-electron chi connectivity index (χ0n) is 34.6. The molecule has 4 amide bonds. The molecule has 316 valence electrons. The van der Waals surface area contributed by atoms with Crippen LogP contribution in [0.1, 0.15) is 88.6 Å². The minimum absolute atomic E-state index is 0.0171. The number of hydrogen-bond donors (Lipinski definition) is 2. The van der Waals surface area contributed by atoms with Gasteiger partial charge in [0.1, 0.15) is 17.4 Å². The van der Waals surface area contributed by atoms with Crippen LogP contribution < -0.4 is 29.7 Å². The van der Waals surface area contributed by atoms with E-state index in [9.17, 15) is 14.4 Å². The first-order valence-corrected chi connectivity index (χ1v) is 21.8. The molecule has 1 atom stereocenters. The van der Waals surface area contributed by atoms with E-state index in [1.165, 1.54) is 49.8 Å². The zero-order valence-corrected chi connectivity index (χ0v) is 36.2. The van der Waals surface area contributed by atoms with Crippen molar-refractivity contribution < 1.29 is 28.6 Å². The van der Waals surface area contributed by atoms with Crippen molar-refractivity contribution in [3.05, 3.63) is 76.5 Å². The number of urea groups is 1. The lowest BCUT2D eigenvalue weighted by atomic mass is 10.1. The van der Waals surface area contributed by atoms with Crippen LogP contribution in [0.3, 0.4) is 0 Å². The lowest BCUT2D eigenvalue weighted by Gasteiger charge is -2.34. The molecule has 1 aromatic heterocycles. The van der Waals surface area contributed by atoms with Gasteiger partial charge >= 0.3 is 6.03 Å². The number of piperazine rings is 1. The third-order valence-corrected chi connectivity index (χ3v) is 11.5. The second-order valence-electron chi connectivity index (χ2n) is 15.4. The Kier molecular flexibility index (Phi) is 16.2. The minimum Gasteiger partial charge on any atom is -0.493 e. The van der Waals surface area contributed by atoms with Crippen molar-refractivity contribution in [2.75, 3.05) is 69.8 Å². The number of anilines is 2. The molecule has 0 radical (unpaired) electrons. The number of halogens is 1. The molecule has 0 unspecified atom stereocenters. The van der Waals surface area contributed by atoms with Crippen LogP contribution in [-0.4, -0.2) is 97.2 Å². The van der Waals surface area contributed by atoms with E-state index in [1.54, 1.807) is 31.4 Å². The lowest BCUT2D eigenvalue weighted by molar-refractivity contribution is -0.135. The first-order chi connectivity index (χ1) is 28.7. The number of carbonyl (C=O) groups is 3. The fourth-order valence-corrected chi connectivity index (χ4v) is 7.96. The third kappa shape index (κ3) is 12.8. The summed E-state index contributed by atoms with van der Waals surface area (Å²) in [5.41, 5.74) is 2.66. The van der Waals surface area contributed by atoms with Crippen LogP contribution in [0.25, 0.3) is 10.9 Å². The van der Waals surface area contributed by atoms with Gasteiger partial charge in [0.05, 0.1) is 25.3 Å². The Morgan fingerprint density at radius 3 is 2.25 bits per heavy atom. The summed E-state index contributed by atoms with van der Waals surface area (Å²) in [5.74, 6) is 3.13. The normalized spacial score (nSPS) is 15.3. The molecule has 2 aliphatic rings. The van der Waals surface area contributed by atoms with Gasteiger partial charge in [-0.05, 0) is 81.3 Å². The summed E-state index contributed by atoms with van der Waals surface area (Å²) in [7, 11) is 1.67. The van der Waals surface area contributed by atoms with Crippen LogP contribution in [0.5, 0.6) is 17.2 Å². The SMILES string of the molecule is COc1cc2c(N[C@H](C)c3cccc(Br)c3)nc(C)nc2cc1OCCCCCCCCCCCN1CCN(C(=O)COc2ccc(N3CCC(=O)NC3=O)cc2)CC1. The van der Waals surface area contributed by atoms with E-state index in [0.29, 0.717) is 55.0 Å². The van der Waals surface area contributed by atoms with E-state index < -0.39 is 6.03 Å². The van der Waals surface area contributed by atoms with Gasteiger partial charge in [-0.2, -0.15) is 0 Å². The summed E-state index contributed by atoms with van der Waals surface area (Å²) in [6, 6.07) is 18.8. The second-order valence-corrected chi connectivity index (χ2v) is 16.3. The maximum Gasteiger partial charge on any atom is 0.328 e. The molecule has 3 aromatic carbocycles. The number of nitrogens with zero attached hydrogens (tertiary/aromatic N) is 5. The van der Waals surface area contributed by atoms with Crippen molar-refractivity contribution in [1.82, 2.24) is 25.1 Å². The van der Waals surface area contributed by atoms with Gasteiger partial charge in [-0.3, -0.25) is 24.7 Å². The maximum atomic E-state index is 12.8. The number of hydrogen-bond acceptors (Lipinski definition) is 10. The Morgan fingerprint density at radius 2 is 1.56 bits per heavy atom. The first kappa shape index (κ1) is 43.6. The van der Waals surface area contributed by atoms with Gasteiger partial charge in [-0.25, -0.2) is 14.8 Å². The van der Waals surface area contributed by atoms with Crippen LogP contribution in [0, 0.1) is 6.92 Å². The Labute approximate surface area is 356 Å². The number of fused-ring (bicyclic) bond motifs is 1. The van der Waals surface area contributed by atoms with Crippen LogP contribution in [0.4, 0.5) is 16.3 Å². The predicted molar refractivity (Wildman–Crippen MR) is 235 cm³/mol. The van der Waals surface area contributed by atoms with Crippen molar-refractivity contribution >= 4 is 56.2 Å². The predicted octanol–water partition coefficient (Wildman–Crippen LogP) is 8.44. The highest BCUT2D eigenvalue weighted by molar-refractivity contribution is 9.10. The topological polar surface area (TPSA) is 138 Å². The average Bonchev–Trinajstić information content (AvgIpc) is 3.23. The Morgan fingerprint density at radius 1 is 0.847 bits per heavy atom. The molecule has 6 rings (SSSR count). The van der Waals surface area contributed by atoms with Gasteiger partial charge in [-0.15, -0.1) is 0 Å². The van der Waals surface area contributed by atoms with E-state index in [-0.39, 0.29) is 30.9 Å². The number of imide groups is 1. The molecule has 0 saturated carbocycles. The number of aryl methyl sites for hydroxylation is 1. The fourth-order valence-electron chi connectivity index (χ4n) is 7.55. The van der Waals surface area contributed by atoms with E-state index in [4.69, 9.17) is 24.2 Å². The van der Waals surface area contributed by atoms with Crippen molar-refractivity contribution in [2.24, 2.45) is 0 Å². The molecule has 0 bridgehead atoms. The number of rotatable bonds is 21. The van der Waals surface area contributed by atoms with Gasteiger partial charge in [-0.1, -0.05) is 73.0 Å². The Balaban J connectivity index is 0.790. The maximum absolute atomic E-state index is 12.8. The number of amides is 4. The molecule has 2 fully saturated rings. The van der Waals surface area contributed by atoms with Crippen LogP contribution >= 0.6 is 15.9 Å². The Hall–Kier alpha value is -4.95. The van der Waals surface area contributed by atoms with Crippen LogP contribution in [-0.2, 0) is 9.59 Å². The van der Waals surface area contributed by atoms with Crippen molar-refractivity contribution in [1.29, 1.82) is 0 Å². The highest BCUT2D eigenvalue weighted by Crippen LogP contribution is 2.36. The number of benzene rings is 3. The number of unbranched alkanes of at least 4 members (excludes halogenated alkanes) is 8. The largest absolute Gasteiger partial charge is 0.493 e. The molecule has 4 aromatic rings. The molecular weight excluding hydrogens is 814 g/mol. The summed E-state index contributed by atoms with van der Waals surface area (Å²) in [5, 5.41) is 6.78. The van der Waals surface area contributed by atoms with E-state index in [1.807, 2.05) is 36.1 Å². The van der Waals surface area contributed by atoms with E-state index in [2.05, 4.69) is 50.5 Å². The molecule has 2 saturated heterocycles. The van der Waals surface area contributed by atoms with Crippen molar-refractivity contribution in [2.45, 2.75) is 84.1 Å². The molecule has 0 spiro atoms. The summed E-state index contributed by atoms with van der Waals surface area (Å²) < 4.78 is 18.7. The van der Waals surface area contributed by atoms with Gasteiger partial charge in [0.15, 0.2) is 18.1 Å². The summed E-state index contributed by atoms with van der Waals surface area (Å²) in [4.78, 5) is 51.6. The molecule has 59 heavy (non-hydrogen) atoms. The number of aromatic nitrogens is 2. The molecular formula is C45H58BrN7O6. The molecule has 0 aliphatic carbocycles. The average molecular weight is 873 g/mol. The highest BCUT2D eigenvalue weighted by Gasteiger charge is 2.25. The standard InChI is InChI=1S/C45H58BrN7O6/c1-32(34-14-13-15-35(46)28-34)47-44-38-29-40(57-3)41(30-39(38)48-33(2)49-44)58-27-12-10-8-6-4-5-7-9-11-21-51-23-25-52(26-24-51)43(55)31-59-37-18-16-36(17-19-37)53-22-20-42(54)50-45(53)56/h13-19,28-30,32H,4-12,20-27,31H2,1-3H3,(H,47,48,49)(H,50,54,56)/t32-/m1/s1. The van der Waals surface area contributed by atoms with Gasteiger partial charge in [0.2, 0.25) is 5.91 Å². The van der Waals surface area contributed by atoms with Crippen molar-refractivity contribution in [3.8, 4) is 17.2 Å². The van der Waals surface area contributed by atoms with Crippen LogP contribution in [0.15, 0.2) is 65.1 Å². The van der Waals surface area contributed by atoms with Gasteiger partial charge in [0.25, 0.3) is 5.91 Å². The molecule has 14 heteroatoms. The fraction of sp³-hybridized carbons (Fsp3) is 0.489. The van der Waals surface area contributed by atoms with Crippen LogP contribution in [0.2, 0.25) is 0 Å². The summed E-state index contributed by atoms with van der Waals surface area (Å²) in [6.07, 6.45) is 11.1. The monoisotopic (exact) mass is 871 g/mol. The van der Waals surface area contributed by atoms with E-state index in [0.717, 1.165) is 59.2 Å². The van der Waals surface area contributed by atoms with Crippen molar-refractivity contribution in [3.63, 3.8) is 0 Å². The van der Waals surface area contributed by atoms with Gasteiger partial charge < -0.3 is 24.4 Å². The Bertz CT molecular complexity index is 2020. The van der Waals surface area contributed by atoms with E-state index >= 15 is 0 Å². The molecule has 2 N–H and O–H groups in total. The smallest absolute Gasteiger partial charge is 0.328 e. The molecule has 2 aliphatic heterocycles. The number of methoxy groups -OCH3 is 1. The number of ether oxygens (including phenoxy) is 3. The third-order valence-electron chi connectivity index (χ3n) is 11.0. The first-order valence-electron chi connectivity index (χ1n) is 21.0. The number of nitrogens with one attached hydrogen (secondary N) is 2. The van der Waals surface area contributed by atoms with Gasteiger partial charge in [0, 0.05) is 60.8 Å². The summed E-state index contributed by atoms with van der Waals surface area (Å²) in [6.45, 7) is 9.26. The lowest BCUT2D eigenvalue weighted by Crippen LogP contribution is -2.50. The number of carbonyl (C=O) groups excluding carboxylic acids is 3. The molecule has 13 nitrogen and oxygen atoms in total.